The third-order valence-corrected chi connectivity index (χ3v) is 11.0. The molecule has 0 bridgehead atoms. The molecule has 0 unspecified atom stereocenters. The van der Waals surface area contributed by atoms with Gasteiger partial charge in [0.1, 0.15) is 22.6 Å². The summed E-state index contributed by atoms with van der Waals surface area (Å²) in [5.74, 6) is -0.481. The first-order valence-corrected chi connectivity index (χ1v) is 16.4. The van der Waals surface area contributed by atoms with Gasteiger partial charge in [0, 0.05) is 18.2 Å². The first kappa shape index (κ1) is 28.8. The van der Waals surface area contributed by atoms with Crippen molar-refractivity contribution in [1.29, 1.82) is 0 Å². The number of hydrogen-bond acceptors (Lipinski definition) is 5. The van der Waals surface area contributed by atoms with E-state index in [9.17, 15) is 17.7 Å². The van der Waals surface area contributed by atoms with Crippen LogP contribution in [-0.2, 0) is 16.2 Å². The van der Waals surface area contributed by atoms with E-state index < -0.39 is 23.3 Å². The van der Waals surface area contributed by atoms with Gasteiger partial charge in [-0.05, 0) is 68.3 Å². The number of anilines is 1. The van der Waals surface area contributed by atoms with Gasteiger partial charge < -0.3 is 0 Å². The molecule has 6 nitrogen and oxygen atoms in total. The lowest BCUT2D eigenvalue weighted by Gasteiger charge is -2.25. The van der Waals surface area contributed by atoms with Gasteiger partial charge in [-0.1, -0.05) is 49.2 Å². The molecule has 4 rings (SSSR count). The smallest absolute Gasteiger partial charge is 0.239 e. The Morgan fingerprint density at radius 1 is 0.872 bits per heavy atom. The van der Waals surface area contributed by atoms with Crippen LogP contribution < -0.4 is 14.9 Å². The van der Waals surface area contributed by atoms with Crippen LogP contribution in [0.5, 0.6) is 0 Å². The molecule has 0 aliphatic rings. The maximum absolute atomic E-state index is 13.9. The van der Waals surface area contributed by atoms with Crippen LogP contribution in [0.1, 0.15) is 42.1 Å². The lowest BCUT2D eigenvalue weighted by Crippen LogP contribution is -2.28. The van der Waals surface area contributed by atoms with E-state index in [4.69, 9.17) is 9.97 Å². The molecule has 0 aliphatic carbocycles. The van der Waals surface area contributed by atoms with Crippen LogP contribution in [-0.4, -0.2) is 36.6 Å². The van der Waals surface area contributed by atoms with E-state index in [0.717, 1.165) is 32.3 Å². The van der Waals surface area contributed by atoms with Crippen molar-refractivity contribution in [3.63, 3.8) is 0 Å². The number of aromatic nitrogens is 2. The fourth-order valence-corrected chi connectivity index (χ4v) is 7.50. The Morgan fingerprint density at radius 3 is 1.79 bits per heavy atom. The van der Waals surface area contributed by atoms with E-state index in [-0.39, 0.29) is 18.0 Å². The maximum Gasteiger partial charge on any atom is 0.239 e. The summed E-state index contributed by atoms with van der Waals surface area (Å²) in [6, 6.07) is 21.7. The molecule has 1 heterocycles. The molecule has 0 atom stereocenters. The van der Waals surface area contributed by atoms with E-state index in [1.807, 2.05) is 76.2 Å². The van der Waals surface area contributed by atoms with Crippen LogP contribution in [0.4, 0.5) is 10.3 Å². The minimum Gasteiger partial charge on any atom is -0.241 e. The lowest BCUT2D eigenvalue weighted by molar-refractivity contribution is 0.598. The Balaban J connectivity index is 2.02. The molecule has 0 radical (unpaired) electrons. The van der Waals surface area contributed by atoms with Gasteiger partial charge in [-0.3, -0.25) is 0 Å². The van der Waals surface area contributed by atoms with Crippen molar-refractivity contribution in [2.24, 2.45) is 0 Å². The van der Waals surface area contributed by atoms with Gasteiger partial charge in [-0.25, -0.2) is 32.0 Å². The van der Waals surface area contributed by atoms with E-state index in [1.165, 1.54) is 19.2 Å². The molecule has 1 N–H and O–H groups in total. The lowest BCUT2D eigenvalue weighted by atomic mass is 9.99. The molecule has 4 aromatic rings. The molecule has 0 saturated carbocycles. The molecule has 204 valence electrons. The highest BCUT2D eigenvalue weighted by Crippen LogP contribution is 2.57. The van der Waals surface area contributed by atoms with Gasteiger partial charge in [-0.15, -0.1) is 0 Å². The monoisotopic (exact) mass is 566 g/mol. The molecule has 1 aromatic heterocycles. The highest BCUT2D eigenvalue weighted by molar-refractivity contribution is 7.92. The Bertz CT molecular complexity index is 1530. The minimum atomic E-state index is -3.64. The second kappa shape index (κ2) is 11.1. The zero-order valence-corrected chi connectivity index (χ0v) is 24.8. The number of nitrogens with zero attached hydrogens (tertiary/aromatic N) is 3. The Kier molecular flexibility index (Phi) is 8.22. The maximum atomic E-state index is 13.9. The second-order valence-electron chi connectivity index (χ2n) is 10.2. The highest BCUT2D eigenvalue weighted by atomic mass is 32.2. The van der Waals surface area contributed by atoms with Gasteiger partial charge in [0.15, 0.2) is 0 Å². The van der Waals surface area contributed by atoms with E-state index >= 15 is 0 Å². The third-order valence-electron chi connectivity index (χ3n) is 6.78. The summed E-state index contributed by atoms with van der Waals surface area (Å²) < 4.78 is 39.7. The molecule has 0 aliphatic heterocycles. The van der Waals surface area contributed by atoms with Crippen molar-refractivity contribution in [2.45, 2.75) is 39.8 Å². The molecule has 39 heavy (non-hydrogen) atoms. The number of benzene rings is 3. The Labute approximate surface area is 231 Å². The largest absolute Gasteiger partial charge is 0.241 e. The van der Waals surface area contributed by atoms with Gasteiger partial charge in [0.2, 0.25) is 23.5 Å². The predicted molar refractivity (Wildman–Crippen MR) is 159 cm³/mol. The van der Waals surface area contributed by atoms with Crippen LogP contribution in [0.3, 0.4) is 0 Å². The first-order chi connectivity index (χ1) is 18.3. The van der Waals surface area contributed by atoms with Crippen LogP contribution >= 0.6 is 7.49 Å². The predicted octanol–water partition coefficient (Wildman–Crippen LogP) is 5.49. The number of sulfonamides is 1. The van der Waals surface area contributed by atoms with Gasteiger partial charge in [0.25, 0.3) is 0 Å². The zero-order chi connectivity index (χ0) is 28.5. The molecule has 9 heteroatoms. The summed E-state index contributed by atoms with van der Waals surface area (Å²) in [6.07, 6.45) is 1.32. The molecular formula is C30H34FN3O3PS+. The normalized spacial score (nSPS) is 12.1. The van der Waals surface area contributed by atoms with Crippen molar-refractivity contribution < 1.29 is 17.7 Å². The number of hydrogen-bond donors (Lipinski definition) is 1. The van der Waals surface area contributed by atoms with E-state index in [0.29, 0.717) is 22.5 Å². The highest BCUT2D eigenvalue weighted by Gasteiger charge is 2.44. The topological polar surface area (TPSA) is 83.4 Å². The fraction of sp³-hybridized carbons (Fsp3) is 0.267. The summed E-state index contributed by atoms with van der Waals surface area (Å²) in [6.45, 7) is 7.95. The van der Waals surface area contributed by atoms with Gasteiger partial charge in [0.05, 0.1) is 17.6 Å². The summed E-state index contributed by atoms with van der Waals surface area (Å²) in [7, 11) is -5.25. The summed E-state index contributed by atoms with van der Waals surface area (Å²) in [5, 5.41) is 1.63. The average Bonchev–Trinajstić information content (AvgIpc) is 2.88. The van der Waals surface area contributed by atoms with Crippen LogP contribution in [0, 0.1) is 19.7 Å². The van der Waals surface area contributed by atoms with Gasteiger partial charge in [-0.2, -0.15) is 0 Å². The third kappa shape index (κ3) is 6.19. The average molecular weight is 567 g/mol. The molecule has 3 aromatic carbocycles. The quantitative estimate of drug-likeness (QED) is 0.285. The standard InChI is InChI=1S/C30H34FN3O3PS/c1-20(2)28-27(19-38(35,25-15-7-21(3)8-16-25)26-17-9-22(4)10-18-26)29(23-11-13-24(31)14-12-23)33-30(32-28)34(5)39(6,36)37/h7-18,20,35H,19H2,1-6H3/q+1. The van der Waals surface area contributed by atoms with Crippen LogP contribution in [0.15, 0.2) is 72.8 Å². The molecule has 0 saturated heterocycles. The molecule has 0 spiro atoms. The molecule has 0 fully saturated rings. The van der Waals surface area contributed by atoms with Crippen molar-refractivity contribution in [3.05, 3.63) is 101 Å². The fourth-order valence-electron chi connectivity index (χ4n) is 4.40. The summed E-state index contributed by atoms with van der Waals surface area (Å²) in [4.78, 5) is 22.0. The summed E-state index contributed by atoms with van der Waals surface area (Å²) >= 11 is 0. The van der Waals surface area contributed by atoms with E-state index in [2.05, 4.69) is 0 Å². The number of rotatable bonds is 8. The number of aryl methyl sites for hydroxylation is 2. The van der Waals surface area contributed by atoms with Crippen molar-refractivity contribution in [3.8, 4) is 11.3 Å². The van der Waals surface area contributed by atoms with Crippen molar-refractivity contribution in [2.75, 3.05) is 17.6 Å². The summed E-state index contributed by atoms with van der Waals surface area (Å²) in [5.41, 5.74) is 4.59. The second-order valence-corrected chi connectivity index (χ2v) is 15.1. The Hall–Kier alpha value is -3.19. The Morgan fingerprint density at radius 2 is 1.36 bits per heavy atom. The number of halogens is 1. The molecule has 0 amide bonds. The van der Waals surface area contributed by atoms with E-state index in [1.54, 1.807) is 12.1 Å². The minimum absolute atomic E-state index is 0.0248. The van der Waals surface area contributed by atoms with Crippen LogP contribution in [0.25, 0.3) is 11.3 Å². The first-order valence-electron chi connectivity index (χ1n) is 12.7. The zero-order valence-electron chi connectivity index (χ0n) is 23.1. The molecular weight excluding hydrogens is 532 g/mol. The van der Waals surface area contributed by atoms with Crippen LogP contribution in [0.2, 0.25) is 0 Å². The van der Waals surface area contributed by atoms with Crippen molar-refractivity contribution >= 4 is 34.1 Å². The SMILES string of the molecule is Cc1ccc([P+](O)(Cc2c(-c3ccc(F)cc3)nc(N(C)S(C)(=O)=O)nc2C(C)C)c2ccc(C)cc2)cc1. The van der Waals surface area contributed by atoms with Crippen molar-refractivity contribution in [1.82, 2.24) is 9.97 Å². The van der Waals surface area contributed by atoms with Gasteiger partial charge >= 0.3 is 0 Å².